The van der Waals surface area contributed by atoms with E-state index < -0.39 is 0 Å². The second kappa shape index (κ2) is 8.03. The topological polar surface area (TPSA) is 0 Å². The van der Waals surface area contributed by atoms with Crippen LogP contribution in [0.25, 0.3) is 0 Å². The van der Waals surface area contributed by atoms with Crippen molar-refractivity contribution in [2.24, 2.45) is 22.7 Å². The van der Waals surface area contributed by atoms with Crippen LogP contribution >= 0.6 is 0 Å². The lowest BCUT2D eigenvalue weighted by Crippen LogP contribution is -2.45. The number of benzene rings is 1. The molecule has 146 valence electrons. The molecule has 0 heteroatoms. The summed E-state index contributed by atoms with van der Waals surface area (Å²) in [7, 11) is 0. The van der Waals surface area contributed by atoms with Gasteiger partial charge in [0.1, 0.15) is 0 Å². The van der Waals surface area contributed by atoms with Gasteiger partial charge in [-0.15, -0.1) is 0 Å². The molecule has 0 unspecified atom stereocenters. The van der Waals surface area contributed by atoms with Gasteiger partial charge in [0.25, 0.3) is 0 Å². The van der Waals surface area contributed by atoms with E-state index in [0.717, 1.165) is 18.3 Å². The molecule has 0 aliphatic heterocycles. The SMILES string of the molecule is CCCC1CCC(C23CCC(C#Cc4ccc(CC)cc4)(CC2)CC3)CC1. The molecule has 0 amide bonds. The Bertz CT molecular complexity index is 650. The first kappa shape index (κ1) is 19.1. The first-order valence-electron chi connectivity index (χ1n) is 11.8. The zero-order valence-electron chi connectivity index (χ0n) is 17.7. The molecule has 0 radical (unpaired) electrons. The smallest absolute Gasteiger partial charge is 0.0319 e. The molecule has 4 aliphatic rings. The molecule has 0 heterocycles. The largest absolute Gasteiger partial charge is 0.0911 e. The summed E-state index contributed by atoms with van der Waals surface area (Å²) in [6.07, 6.45) is 18.5. The number of hydrogen-bond donors (Lipinski definition) is 0. The average Bonchev–Trinajstić information content (AvgIpc) is 2.75. The minimum absolute atomic E-state index is 0.338. The van der Waals surface area contributed by atoms with Crippen LogP contribution in [0.15, 0.2) is 24.3 Å². The van der Waals surface area contributed by atoms with Crippen LogP contribution in [0.1, 0.15) is 102 Å². The summed E-state index contributed by atoms with van der Waals surface area (Å²) in [5, 5.41) is 0. The molecule has 1 aromatic rings. The maximum absolute atomic E-state index is 3.77. The summed E-state index contributed by atoms with van der Waals surface area (Å²) in [5.41, 5.74) is 3.65. The molecule has 4 saturated carbocycles. The van der Waals surface area contributed by atoms with Crippen LogP contribution in [0.3, 0.4) is 0 Å². The van der Waals surface area contributed by atoms with Crippen molar-refractivity contribution >= 4 is 0 Å². The van der Waals surface area contributed by atoms with E-state index >= 15 is 0 Å². The first-order valence-corrected chi connectivity index (χ1v) is 11.8. The minimum Gasteiger partial charge on any atom is -0.0911 e. The van der Waals surface area contributed by atoms with Crippen molar-refractivity contribution in [2.45, 2.75) is 97.3 Å². The number of aryl methyl sites for hydroxylation is 1. The molecule has 0 nitrogen and oxygen atoms in total. The van der Waals surface area contributed by atoms with Crippen LogP contribution in [0.4, 0.5) is 0 Å². The molecule has 4 aliphatic carbocycles. The summed E-state index contributed by atoms with van der Waals surface area (Å²) in [4.78, 5) is 0. The maximum Gasteiger partial charge on any atom is 0.0319 e. The van der Waals surface area contributed by atoms with E-state index in [9.17, 15) is 0 Å². The number of fused-ring (bicyclic) bond motifs is 3. The Kier molecular flexibility index (Phi) is 5.68. The van der Waals surface area contributed by atoms with Crippen molar-refractivity contribution in [3.8, 4) is 11.8 Å². The Labute approximate surface area is 167 Å². The highest BCUT2D eigenvalue weighted by molar-refractivity contribution is 5.38. The highest BCUT2D eigenvalue weighted by Crippen LogP contribution is 2.62. The highest BCUT2D eigenvalue weighted by atomic mass is 14.6. The molecular formula is C27H38. The zero-order chi connectivity index (χ0) is 18.7. The molecule has 0 N–H and O–H groups in total. The van der Waals surface area contributed by atoms with E-state index in [1.807, 2.05) is 0 Å². The van der Waals surface area contributed by atoms with Gasteiger partial charge in [-0.05, 0) is 92.7 Å². The van der Waals surface area contributed by atoms with Crippen molar-refractivity contribution < 1.29 is 0 Å². The van der Waals surface area contributed by atoms with Crippen LogP contribution in [0.2, 0.25) is 0 Å². The second-order valence-electron chi connectivity index (χ2n) is 9.95. The van der Waals surface area contributed by atoms with Crippen LogP contribution < -0.4 is 0 Å². The summed E-state index contributed by atoms with van der Waals surface area (Å²) in [6, 6.07) is 8.91. The van der Waals surface area contributed by atoms with Gasteiger partial charge in [-0.2, -0.15) is 0 Å². The Hall–Kier alpha value is -1.22. The lowest BCUT2D eigenvalue weighted by atomic mass is 9.48. The van der Waals surface area contributed by atoms with Crippen molar-refractivity contribution in [2.75, 3.05) is 0 Å². The molecule has 5 rings (SSSR count). The van der Waals surface area contributed by atoms with Gasteiger partial charge in [0.05, 0.1) is 0 Å². The van der Waals surface area contributed by atoms with E-state index in [4.69, 9.17) is 0 Å². The third-order valence-electron chi connectivity index (χ3n) is 8.55. The molecule has 0 saturated heterocycles. The Morgan fingerprint density at radius 2 is 1.48 bits per heavy atom. The first-order chi connectivity index (χ1) is 13.2. The van der Waals surface area contributed by atoms with Gasteiger partial charge >= 0.3 is 0 Å². The van der Waals surface area contributed by atoms with Gasteiger partial charge in [0.15, 0.2) is 0 Å². The Balaban J connectivity index is 1.37. The maximum atomic E-state index is 3.77. The third-order valence-corrected chi connectivity index (χ3v) is 8.55. The summed E-state index contributed by atoms with van der Waals surface area (Å²) < 4.78 is 0. The fourth-order valence-electron chi connectivity index (χ4n) is 6.51. The molecule has 27 heavy (non-hydrogen) atoms. The van der Waals surface area contributed by atoms with Gasteiger partial charge in [-0.25, -0.2) is 0 Å². The van der Waals surface area contributed by atoms with E-state index in [2.05, 4.69) is 50.0 Å². The van der Waals surface area contributed by atoms with Gasteiger partial charge in [0.2, 0.25) is 0 Å². The van der Waals surface area contributed by atoms with Crippen molar-refractivity contribution in [1.82, 2.24) is 0 Å². The molecule has 4 fully saturated rings. The van der Waals surface area contributed by atoms with Gasteiger partial charge in [-0.1, -0.05) is 63.5 Å². The minimum atomic E-state index is 0.338. The fraction of sp³-hybridized carbons (Fsp3) is 0.704. The number of rotatable bonds is 4. The molecule has 0 aromatic heterocycles. The van der Waals surface area contributed by atoms with Gasteiger partial charge < -0.3 is 0 Å². The van der Waals surface area contributed by atoms with E-state index in [0.29, 0.717) is 10.8 Å². The third kappa shape index (κ3) is 3.99. The monoisotopic (exact) mass is 362 g/mol. The zero-order valence-corrected chi connectivity index (χ0v) is 17.7. The van der Waals surface area contributed by atoms with Crippen molar-refractivity contribution in [3.63, 3.8) is 0 Å². The molecule has 2 bridgehead atoms. The Morgan fingerprint density at radius 1 is 0.852 bits per heavy atom. The predicted molar refractivity (Wildman–Crippen MR) is 116 cm³/mol. The summed E-state index contributed by atoms with van der Waals surface area (Å²) in [6.45, 7) is 4.57. The van der Waals surface area contributed by atoms with E-state index in [-0.39, 0.29) is 0 Å². The Morgan fingerprint density at radius 3 is 2.04 bits per heavy atom. The van der Waals surface area contributed by atoms with Crippen LogP contribution in [0, 0.1) is 34.5 Å². The van der Waals surface area contributed by atoms with Crippen LogP contribution in [-0.4, -0.2) is 0 Å². The lowest BCUT2D eigenvalue weighted by Gasteiger charge is -2.56. The van der Waals surface area contributed by atoms with Gasteiger partial charge in [-0.3, -0.25) is 0 Å². The standard InChI is InChI=1S/C27H38/c1-3-5-23-10-12-25(13-11-23)27-19-16-26(17-20-27,18-21-27)15-14-24-8-6-22(4-2)7-9-24/h6-9,23,25H,3-5,10-13,16-21H2,1-2H3. The summed E-state index contributed by atoms with van der Waals surface area (Å²) >= 11 is 0. The highest BCUT2D eigenvalue weighted by Gasteiger charge is 2.51. The normalized spacial score (nSPS) is 35.5. The van der Waals surface area contributed by atoms with Crippen LogP contribution in [-0.2, 0) is 6.42 Å². The molecule has 0 atom stereocenters. The molecule has 0 spiro atoms. The second-order valence-corrected chi connectivity index (χ2v) is 9.95. The van der Waals surface area contributed by atoms with Gasteiger partial charge in [0, 0.05) is 11.0 Å². The van der Waals surface area contributed by atoms with Crippen molar-refractivity contribution in [3.05, 3.63) is 35.4 Å². The predicted octanol–water partition coefficient (Wildman–Crippen LogP) is 7.55. The fourth-order valence-corrected chi connectivity index (χ4v) is 6.51. The quantitative estimate of drug-likeness (QED) is 0.485. The lowest BCUT2D eigenvalue weighted by molar-refractivity contribution is -0.0378. The van der Waals surface area contributed by atoms with Crippen LogP contribution in [0.5, 0.6) is 0 Å². The average molecular weight is 363 g/mol. The van der Waals surface area contributed by atoms with Crippen molar-refractivity contribution in [1.29, 1.82) is 0 Å². The molecule has 1 aromatic carbocycles. The van der Waals surface area contributed by atoms with E-state index in [1.54, 1.807) is 0 Å². The molecular weight excluding hydrogens is 324 g/mol. The summed E-state index contributed by atoms with van der Waals surface area (Å²) in [5.74, 6) is 9.38. The number of hydrogen-bond acceptors (Lipinski definition) is 0. The van der Waals surface area contributed by atoms with E-state index in [1.165, 1.54) is 88.2 Å².